The molecule has 0 amide bonds. The van der Waals surface area contributed by atoms with Gasteiger partial charge in [-0.2, -0.15) is 9.78 Å². The number of anilines is 1. The van der Waals surface area contributed by atoms with Crippen molar-refractivity contribution in [1.82, 2.24) is 20.0 Å². The predicted octanol–water partition coefficient (Wildman–Crippen LogP) is 3.24. The Labute approximate surface area is 155 Å². The smallest absolute Gasteiger partial charge is 0.343 e. The molecule has 0 radical (unpaired) electrons. The van der Waals surface area contributed by atoms with E-state index in [0.29, 0.717) is 5.82 Å². The number of nitrogens with two attached hydrogens (primary N) is 1. The van der Waals surface area contributed by atoms with Crippen molar-refractivity contribution in [2.24, 2.45) is 0 Å². The highest BCUT2D eigenvalue weighted by Gasteiger charge is 2.20. The lowest BCUT2D eigenvalue weighted by Gasteiger charge is -2.10. The van der Waals surface area contributed by atoms with E-state index in [4.69, 9.17) is 10.5 Å². The van der Waals surface area contributed by atoms with E-state index in [1.54, 1.807) is 6.92 Å². The van der Waals surface area contributed by atoms with Crippen LogP contribution in [-0.2, 0) is 4.74 Å². The van der Waals surface area contributed by atoms with Crippen LogP contribution in [0.1, 0.15) is 17.3 Å². The molecule has 0 spiro atoms. The number of carbonyl (C=O) groups excluding carboxylic acids is 1. The maximum atomic E-state index is 12.0. The second-order valence-corrected chi connectivity index (χ2v) is 5.86. The lowest BCUT2D eigenvalue weighted by atomic mass is 10.0. The Morgan fingerprint density at radius 1 is 1.04 bits per heavy atom. The molecule has 4 rings (SSSR count). The SMILES string of the molecule is CCOC(=O)c1cnn(-c2nnc(-c3ccccc3)c3ccccc23)c1N. The average molecular weight is 359 g/mol. The normalized spacial score (nSPS) is 10.9. The second-order valence-electron chi connectivity index (χ2n) is 5.86. The first-order valence-electron chi connectivity index (χ1n) is 8.52. The number of hydrogen-bond donors (Lipinski definition) is 1. The van der Waals surface area contributed by atoms with Gasteiger partial charge in [0.1, 0.15) is 17.1 Å². The van der Waals surface area contributed by atoms with Crippen LogP contribution in [0.5, 0.6) is 0 Å². The maximum absolute atomic E-state index is 12.0. The zero-order chi connectivity index (χ0) is 18.8. The van der Waals surface area contributed by atoms with Crippen LogP contribution in [0.4, 0.5) is 5.82 Å². The molecule has 2 heterocycles. The van der Waals surface area contributed by atoms with Crippen molar-refractivity contribution in [3.63, 3.8) is 0 Å². The minimum Gasteiger partial charge on any atom is -0.462 e. The Hall–Kier alpha value is -3.74. The molecule has 0 saturated heterocycles. The number of aromatic nitrogens is 4. The molecule has 0 aliphatic rings. The summed E-state index contributed by atoms with van der Waals surface area (Å²) in [6.45, 7) is 2.00. The monoisotopic (exact) mass is 359 g/mol. The number of rotatable bonds is 4. The zero-order valence-corrected chi connectivity index (χ0v) is 14.7. The van der Waals surface area contributed by atoms with Crippen LogP contribution in [0.15, 0.2) is 60.8 Å². The van der Waals surface area contributed by atoms with Gasteiger partial charge in [-0.25, -0.2) is 4.79 Å². The molecule has 134 valence electrons. The lowest BCUT2D eigenvalue weighted by molar-refractivity contribution is 0.0527. The van der Waals surface area contributed by atoms with Crippen molar-refractivity contribution in [3.05, 3.63) is 66.4 Å². The molecule has 0 aliphatic heterocycles. The fraction of sp³-hybridized carbons (Fsp3) is 0.100. The minimum absolute atomic E-state index is 0.167. The molecule has 2 aromatic heterocycles. The molecule has 0 unspecified atom stereocenters. The van der Waals surface area contributed by atoms with Gasteiger partial charge >= 0.3 is 5.97 Å². The summed E-state index contributed by atoms with van der Waals surface area (Å²) in [5, 5.41) is 14.7. The van der Waals surface area contributed by atoms with Crippen molar-refractivity contribution >= 4 is 22.6 Å². The van der Waals surface area contributed by atoms with Crippen LogP contribution in [0, 0.1) is 0 Å². The summed E-state index contributed by atoms with van der Waals surface area (Å²) in [5.41, 5.74) is 8.08. The van der Waals surface area contributed by atoms with E-state index in [0.717, 1.165) is 22.0 Å². The van der Waals surface area contributed by atoms with Gasteiger partial charge in [-0.05, 0) is 6.92 Å². The molecule has 7 nitrogen and oxygen atoms in total. The van der Waals surface area contributed by atoms with E-state index < -0.39 is 5.97 Å². The van der Waals surface area contributed by atoms with Gasteiger partial charge in [0.15, 0.2) is 5.82 Å². The quantitative estimate of drug-likeness (QED) is 0.562. The Balaban J connectivity index is 1.89. The number of esters is 1. The van der Waals surface area contributed by atoms with Crippen LogP contribution < -0.4 is 5.73 Å². The van der Waals surface area contributed by atoms with Crippen molar-refractivity contribution in [2.45, 2.75) is 6.92 Å². The number of ether oxygens (including phenoxy) is 1. The van der Waals surface area contributed by atoms with Gasteiger partial charge in [-0.15, -0.1) is 10.2 Å². The third-order valence-corrected chi connectivity index (χ3v) is 4.22. The zero-order valence-electron chi connectivity index (χ0n) is 14.7. The van der Waals surface area contributed by atoms with E-state index >= 15 is 0 Å². The fourth-order valence-electron chi connectivity index (χ4n) is 2.95. The summed E-state index contributed by atoms with van der Waals surface area (Å²) < 4.78 is 6.43. The molecule has 2 N–H and O–H groups in total. The van der Waals surface area contributed by atoms with Crippen LogP contribution in [0.3, 0.4) is 0 Å². The molecule has 0 fully saturated rings. The van der Waals surface area contributed by atoms with Crippen molar-refractivity contribution < 1.29 is 9.53 Å². The first-order valence-corrected chi connectivity index (χ1v) is 8.52. The third kappa shape index (κ3) is 2.89. The molecule has 0 bridgehead atoms. The van der Waals surface area contributed by atoms with Crippen molar-refractivity contribution in [2.75, 3.05) is 12.3 Å². The second kappa shape index (κ2) is 6.87. The van der Waals surface area contributed by atoms with E-state index in [2.05, 4.69) is 15.3 Å². The number of nitrogen functional groups attached to an aromatic ring is 1. The van der Waals surface area contributed by atoms with E-state index in [-0.39, 0.29) is 18.0 Å². The Morgan fingerprint density at radius 3 is 2.48 bits per heavy atom. The van der Waals surface area contributed by atoms with Crippen LogP contribution in [-0.4, -0.2) is 32.6 Å². The van der Waals surface area contributed by atoms with Crippen LogP contribution in [0.25, 0.3) is 27.8 Å². The molecule has 7 heteroatoms. The van der Waals surface area contributed by atoms with Crippen molar-refractivity contribution in [1.29, 1.82) is 0 Å². The largest absolute Gasteiger partial charge is 0.462 e. The van der Waals surface area contributed by atoms with E-state index in [9.17, 15) is 4.79 Å². The molecule has 0 aliphatic carbocycles. The standard InChI is InChI=1S/C20H17N5O2/c1-2-27-20(26)16-12-22-25(18(16)21)19-15-11-7-6-10-14(15)17(23-24-19)13-8-4-3-5-9-13/h3-12H,2,21H2,1H3. The summed E-state index contributed by atoms with van der Waals surface area (Å²) in [5.74, 6) is 0.109. The summed E-state index contributed by atoms with van der Waals surface area (Å²) in [6.07, 6.45) is 1.38. The van der Waals surface area contributed by atoms with Gasteiger partial charge in [0.2, 0.25) is 0 Å². The first-order chi connectivity index (χ1) is 13.2. The van der Waals surface area contributed by atoms with Gasteiger partial charge in [0, 0.05) is 16.3 Å². The molecule has 2 aromatic carbocycles. The van der Waals surface area contributed by atoms with Gasteiger partial charge in [-0.1, -0.05) is 54.6 Å². The maximum Gasteiger partial charge on any atom is 0.343 e. The third-order valence-electron chi connectivity index (χ3n) is 4.22. The highest BCUT2D eigenvalue weighted by molar-refractivity contribution is 5.99. The van der Waals surface area contributed by atoms with Crippen LogP contribution >= 0.6 is 0 Å². The number of carbonyl (C=O) groups is 1. The van der Waals surface area contributed by atoms with E-state index in [1.165, 1.54) is 10.9 Å². The predicted molar refractivity (Wildman–Crippen MR) is 102 cm³/mol. The van der Waals surface area contributed by atoms with Gasteiger partial charge in [0.05, 0.1) is 12.8 Å². The summed E-state index contributed by atoms with van der Waals surface area (Å²) in [6, 6.07) is 17.6. The number of benzene rings is 2. The summed E-state index contributed by atoms with van der Waals surface area (Å²) in [7, 11) is 0. The number of hydrogen-bond acceptors (Lipinski definition) is 6. The minimum atomic E-state index is -0.514. The number of nitrogens with zero attached hydrogens (tertiary/aromatic N) is 4. The molecule has 4 aromatic rings. The van der Waals surface area contributed by atoms with Gasteiger partial charge < -0.3 is 10.5 Å². The summed E-state index contributed by atoms with van der Waals surface area (Å²) in [4.78, 5) is 12.0. The topological polar surface area (TPSA) is 95.9 Å². The van der Waals surface area contributed by atoms with Gasteiger partial charge in [-0.3, -0.25) is 0 Å². The molecule has 0 saturated carbocycles. The van der Waals surface area contributed by atoms with Crippen molar-refractivity contribution in [3.8, 4) is 17.1 Å². The molecule has 0 atom stereocenters. The first kappa shape index (κ1) is 16.7. The van der Waals surface area contributed by atoms with E-state index in [1.807, 2.05) is 54.6 Å². The van der Waals surface area contributed by atoms with Gasteiger partial charge in [0.25, 0.3) is 0 Å². The fourth-order valence-corrected chi connectivity index (χ4v) is 2.95. The number of fused-ring (bicyclic) bond motifs is 1. The van der Waals surface area contributed by atoms with Crippen LogP contribution in [0.2, 0.25) is 0 Å². The lowest BCUT2D eigenvalue weighted by Crippen LogP contribution is -2.10. The highest BCUT2D eigenvalue weighted by Crippen LogP contribution is 2.30. The molecular weight excluding hydrogens is 342 g/mol. The molecular formula is C20H17N5O2. The Bertz CT molecular complexity index is 1120. The molecule has 27 heavy (non-hydrogen) atoms. The highest BCUT2D eigenvalue weighted by atomic mass is 16.5. The summed E-state index contributed by atoms with van der Waals surface area (Å²) >= 11 is 0. The Morgan fingerprint density at radius 2 is 1.74 bits per heavy atom. The Kier molecular flexibility index (Phi) is 4.25. The average Bonchev–Trinajstić information content (AvgIpc) is 3.09.